The average molecular weight is 275 g/mol. The molecule has 2 amide bonds. The van der Waals surface area contributed by atoms with Crippen molar-refractivity contribution in [2.45, 2.75) is 32.9 Å². The van der Waals surface area contributed by atoms with Crippen LogP contribution in [0, 0.1) is 0 Å². The van der Waals surface area contributed by atoms with Crippen LogP contribution in [0.15, 0.2) is 30.3 Å². The van der Waals surface area contributed by atoms with Gasteiger partial charge in [0.15, 0.2) is 0 Å². The zero-order valence-corrected chi connectivity index (χ0v) is 12.0. The van der Waals surface area contributed by atoms with E-state index in [4.69, 9.17) is 5.73 Å². The molecule has 4 N–H and O–H groups in total. The summed E-state index contributed by atoms with van der Waals surface area (Å²) in [5.41, 5.74) is 7.11. The first-order chi connectivity index (χ1) is 9.38. The minimum Gasteiger partial charge on any atom is -0.399 e. The fourth-order valence-corrected chi connectivity index (χ4v) is 1.57. The SMILES string of the molecule is CC(C)NC(=O)C(C)NC(=O)/C=C/c1cccc(N)c1. The number of amides is 2. The summed E-state index contributed by atoms with van der Waals surface area (Å²) in [4.78, 5) is 23.3. The van der Waals surface area contributed by atoms with Crippen molar-refractivity contribution in [1.29, 1.82) is 0 Å². The van der Waals surface area contributed by atoms with Crippen molar-refractivity contribution in [3.8, 4) is 0 Å². The Morgan fingerprint density at radius 3 is 2.50 bits per heavy atom. The molecule has 0 heterocycles. The molecule has 5 nitrogen and oxygen atoms in total. The zero-order chi connectivity index (χ0) is 15.1. The van der Waals surface area contributed by atoms with Gasteiger partial charge >= 0.3 is 0 Å². The van der Waals surface area contributed by atoms with Crippen LogP contribution in [0.4, 0.5) is 5.69 Å². The third-order valence-corrected chi connectivity index (χ3v) is 2.52. The van der Waals surface area contributed by atoms with Crippen molar-refractivity contribution in [1.82, 2.24) is 10.6 Å². The van der Waals surface area contributed by atoms with Gasteiger partial charge in [-0.15, -0.1) is 0 Å². The highest BCUT2D eigenvalue weighted by Gasteiger charge is 2.14. The maximum atomic E-state index is 11.7. The van der Waals surface area contributed by atoms with Crippen LogP contribution >= 0.6 is 0 Å². The molecule has 0 saturated heterocycles. The van der Waals surface area contributed by atoms with Crippen LogP contribution in [-0.2, 0) is 9.59 Å². The number of carbonyl (C=O) groups excluding carboxylic acids is 2. The third kappa shape index (κ3) is 5.56. The number of hydrogen-bond donors (Lipinski definition) is 3. The quantitative estimate of drug-likeness (QED) is 0.559. The van der Waals surface area contributed by atoms with Crippen LogP contribution in [0.5, 0.6) is 0 Å². The van der Waals surface area contributed by atoms with Crippen LogP contribution < -0.4 is 16.4 Å². The predicted molar refractivity (Wildman–Crippen MR) is 80.8 cm³/mol. The summed E-state index contributed by atoms with van der Waals surface area (Å²) in [5.74, 6) is -0.524. The molecule has 0 aliphatic rings. The lowest BCUT2D eigenvalue weighted by Crippen LogP contribution is -2.46. The largest absolute Gasteiger partial charge is 0.399 e. The lowest BCUT2D eigenvalue weighted by atomic mass is 10.2. The van der Waals surface area contributed by atoms with Gasteiger partial charge in [0, 0.05) is 17.8 Å². The summed E-state index contributed by atoms with van der Waals surface area (Å²) in [6.07, 6.45) is 3.03. The average Bonchev–Trinajstić information content (AvgIpc) is 2.35. The molecule has 0 aliphatic heterocycles. The van der Waals surface area contributed by atoms with Crippen molar-refractivity contribution in [2.75, 3.05) is 5.73 Å². The van der Waals surface area contributed by atoms with Crippen LogP contribution in [0.3, 0.4) is 0 Å². The second kappa shape index (κ2) is 7.33. The van der Waals surface area contributed by atoms with E-state index in [0.29, 0.717) is 5.69 Å². The molecule has 0 spiro atoms. The Morgan fingerprint density at radius 1 is 1.20 bits per heavy atom. The highest BCUT2D eigenvalue weighted by atomic mass is 16.2. The Hall–Kier alpha value is -2.30. The highest BCUT2D eigenvalue weighted by Crippen LogP contribution is 2.07. The van der Waals surface area contributed by atoms with E-state index < -0.39 is 6.04 Å². The second-order valence-corrected chi connectivity index (χ2v) is 4.90. The van der Waals surface area contributed by atoms with E-state index in [2.05, 4.69) is 10.6 Å². The first kappa shape index (κ1) is 15.8. The number of carbonyl (C=O) groups is 2. The minimum atomic E-state index is -0.574. The Bertz CT molecular complexity index is 510. The monoisotopic (exact) mass is 275 g/mol. The molecule has 0 radical (unpaired) electrons. The number of rotatable bonds is 5. The number of nitrogens with two attached hydrogens (primary N) is 1. The number of benzene rings is 1. The van der Waals surface area contributed by atoms with E-state index in [1.54, 1.807) is 25.1 Å². The fraction of sp³-hybridized carbons (Fsp3) is 0.333. The summed E-state index contributed by atoms with van der Waals surface area (Å²) in [6.45, 7) is 5.38. The van der Waals surface area contributed by atoms with E-state index in [-0.39, 0.29) is 17.9 Å². The number of hydrogen-bond acceptors (Lipinski definition) is 3. The number of anilines is 1. The molecule has 0 aliphatic carbocycles. The summed E-state index contributed by atoms with van der Waals surface area (Å²) in [6, 6.07) is 6.66. The molecule has 20 heavy (non-hydrogen) atoms. The van der Waals surface area contributed by atoms with Gasteiger partial charge in [0.1, 0.15) is 6.04 Å². The van der Waals surface area contributed by atoms with Crippen LogP contribution in [0.25, 0.3) is 6.08 Å². The topological polar surface area (TPSA) is 84.2 Å². The lowest BCUT2D eigenvalue weighted by Gasteiger charge is -2.14. The highest BCUT2D eigenvalue weighted by molar-refractivity contribution is 5.95. The number of nitrogens with one attached hydrogen (secondary N) is 2. The van der Waals surface area contributed by atoms with Gasteiger partial charge in [-0.25, -0.2) is 0 Å². The predicted octanol–water partition coefficient (Wildman–Crippen LogP) is 1.31. The Labute approximate surface area is 119 Å². The summed E-state index contributed by atoms with van der Waals surface area (Å²) >= 11 is 0. The van der Waals surface area contributed by atoms with E-state index in [1.165, 1.54) is 6.08 Å². The molecule has 1 rings (SSSR count). The molecule has 0 aromatic heterocycles. The minimum absolute atomic E-state index is 0.0460. The molecular formula is C15H21N3O2. The summed E-state index contributed by atoms with van der Waals surface area (Å²) < 4.78 is 0. The van der Waals surface area contributed by atoms with Gasteiger partial charge in [0.2, 0.25) is 11.8 Å². The van der Waals surface area contributed by atoms with E-state index in [1.807, 2.05) is 26.0 Å². The number of nitrogen functional groups attached to an aromatic ring is 1. The fourth-order valence-electron chi connectivity index (χ4n) is 1.57. The molecular weight excluding hydrogens is 254 g/mol. The molecule has 5 heteroatoms. The molecule has 0 bridgehead atoms. The van der Waals surface area contributed by atoms with Crippen molar-refractivity contribution < 1.29 is 9.59 Å². The first-order valence-electron chi connectivity index (χ1n) is 6.53. The molecule has 1 aromatic rings. The molecule has 0 saturated carbocycles. The van der Waals surface area contributed by atoms with Crippen LogP contribution in [0.1, 0.15) is 26.3 Å². The van der Waals surface area contributed by atoms with Crippen molar-refractivity contribution >= 4 is 23.6 Å². The van der Waals surface area contributed by atoms with Gasteiger partial charge < -0.3 is 16.4 Å². The second-order valence-electron chi connectivity index (χ2n) is 4.90. The molecule has 0 fully saturated rings. The lowest BCUT2D eigenvalue weighted by molar-refractivity contribution is -0.127. The standard InChI is InChI=1S/C15H21N3O2/c1-10(2)17-15(20)11(3)18-14(19)8-7-12-5-4-6-13(16)9-12/h4-11H,16H2,1-3H3,(H,17,20)(H,18,19)/b8-7+. The molecule has 108 valence electrons. The summed E-state index contributed by atoms with van der Waals surface area (Å²) in [7, 11) is 0. The van der Waals surface area contributed by atoms with Gasteiger partial charge in [-0.3, -0.25) is 9.59 Å². The van der Waals surface area contributed by atoms with E-state index in [9.17, 15) is 9.59 Å². The van der Waals surface area contributed by atoms with Crippen molar-refractivity contribution in [3.63, 3.8) is 0 Å². The molecule has 1 unspecified atom stereocenters. The van der Waals surface area contributed by atoms with Gasteiger partial charge in [-0.2, -0.15) is 0 Å². The Kier molecular flexibility index (Phi) is 5.77. The first-order valence-corrected chi connectivity index (χ1v) is 6.53. The Balaban J connectivity index is 2.53. The smallest absolute Gasteiger partial charge is 0.244 e. The van der Waals surface area contributed by atoms with Crippen molar-refractivity contribution in [3.05, 3.63) is 35.9 Å². The molecule has 1 aromatic carbocycles. The normalized spacial score (nSPS) is 12.4. The third-order valence-electron chi connectivity index (χ3n) is 2.52. The van der Waals surface area contributed by atoms with Gasteiger partial charge in [-0.05, 0) is 44.5 Å². The van der Waals surface area contributed by atoms with E-state index in [0.717, 1.165) is 5.56 Å². The van der Waals surface area contributed by atoms with Gasteiger partial charge in [0.25, 0.3) is 0 Å². The maximum absolute atomic E-state index is 11.7. The van der Waals surface area contributed by atoms with E-state index >= 15 is 0 Å². The van der Waals surface area contributed by atoms with Crippen molar-refractivity contribution in [2.24, 2.45) is 0 Å². The Morgan fingerprint density at radius 2 is 1.90 bits per heavy atom. The zero-order valence-electron chi connectivity index (χ0n) is 12.0. The summed E-state index contributed by atoms with van der Waals surface area (Å²) in [5, 5.41) is 5.34. The van der Waals surface area contributed by atoms with Crippen LogP contribution in [-0.4, -0.2) is 23.9 Å². The van der Waals surface area contributed by atoms with Crippen LogP contribution in [0.2, 0.25) is 0 Å². The van der Waals surface area contributed by atoms with Gasteiger partial charge in [0.05, 0.1) is 0 Å². The maximum Gasteiger partial charge on any atom is 0.244 e. The van der Waals surface area contributed by atoms with Gasteiger partial charge in [-0.1, -0.05) is 12.1 Å². The molecule has 1 atom stereocenters.